The van der Waals surface area contributed by atoms with Crippen LogP contribution >= 0.6 is 22.9 Å². The molecule has 0 atom stereocenters. The first-order valence-electron chi connectivity index (χ1n) is 7.46. The van der Waals surface area contributed by atoms with Gasteiger partial charge in [0.2, 0.25) is 0 Å². The lowest BCUT2D eigenvalue weighted by Crippen LogP contribution is -2.13. The minimum absolute atomic E-state index is 0.238. The van der Waals surface area contributed by atoms with Gasteiger partial charge in [-0.3, -0.25) is 0 Å². The molecule has 7 heteroatoms. The van der Waals surface area contributed by atoms with Crippen molar-refractivity contribution in [2.45, 2.75) is 6.61 Å². The molecule has 2 aromatic carbocycles. The van der Waals surface area contributed by atoms with Gasteiger partial charge in [-0.15, -0.1) is 11.3 Å². The average molecular weight is 374 g/mol. The highest BCUT2D eigenvalue weighted by molar-refractivity contribution is 7.13. The highest BCUT2D eigenvalue weighted by Gasteiger charge is 2.07. The maximum Gasteiger partial charge on any atom is 0.170 e. The van der Waals surface area contributed by atoms with Crippen molar-refractivity contribution in [2.24, 2.45) is 10.9 Å². The van der Waals surface area contributed by atoms with Crippen LogP contribution in [0.1, 0.15) is 11.3 Å². The molecule has 25 heavy (non-hydrogen) atoms. The van der Waals surface area contributed by atoms with Gasteiger partial charge in [0.05, 0.1) is 12.8 Å². The predicted octanol–water partition coefficient (Wildman–Crippen LogP) is 4.31. The normalized spacial score (nSPS) is 11.4. The molecular formula is C18H16ClN3O2S. The number of rotatable bonds is 6. The second-order valence-corrected chi connectivity index (χ2v) is 6.43. The van der Waals surface area contributed by atoms with Crippen LogP contribution in [0.3, 0.4) is 0 Å². The van der Waals surface area contributed by atoms with Crippen molar-refractivity contribution in [3.05, 3.63) is 70.2 Å². The van der Waals surface area contributed by atoms with Gasteiger partial charge >= 0.3 is 0 Å². The van der Waals surface area contributed by atoms with Crippen LogP contribution < -0.4 is 10.5 Å². The first-order valence-corrected chi connectivity index (χ1v) is 8.71. The van der Waals surface area contributed by atoms with Gasteiger partial charge in [0.25, 0.3) is 0 Å². The van der Waals surface area contributed by atoms with E-state index in [2.05, 4.69) is 10.1 Å². The smallest absolute Gasteiger partial charge is 0.170 e. The van der Waals surface area contributed by atoms with E-state index in [0.29, 0.717) is 10.6 Å². The maximum absolute atomic E-state index is 5.93. The Kier molecular flexibility index (Phi) is 5.53. The summed E-state index contributed by atoms with van der Waals surface area (Å²) in [4.78, 5) is 9.86. The van der Waals surface area contributed by atoms with E-state index in [1.807, 2.05) is 35.7 Å². The highest BCUT2D eigenvalue weighted by atomic mass is 35.5. The van der Waals surface area contributed by atoms with E-state index in [0.717, 1.165) is 22.0 Å². The largest absolute Gasteiger partial charge is 0.497 e. The minimum Gasteiger partial charge on any atom is -0.497 e. The number of oxime groups is 1. The molecule has 0 fully saturated rings. The number of hydrogen-bond donors (Lipinski definition) is 1. The van der Waals surface area contributed by atoms with Gasteiger partial charge in [0.1, 0.15) is 10.8 Å². The monoisotopic (exact) mass is 373 g/mol. The Balaban J connectivity index is 1.64. The molecule has 1 heterocycles. The summed E-state index contributed by atoms with van der Waals surface area (Å²) < 4.78 is 5.24. The predicted molar refractivity (Wildman–Crippen MR) is 101 cm³/mol. The van der Waals surface area contributed by atoms with Gasteiger partial charge in [-0.1, -0.05) is 41.0 Å². The zero-order valence-corrected chi connectivity index (χ0v) is 15.1. The molecule has 0 saturated carbocycles. The van der Waals surface area contributed by atoms with Crippen LogP contribution in [0.15, 0.2) is 59.1 Å². The standard InChI is InChI=1S/C18H16ClN3O2S/c1-23-16-7-3-5-13(9-16)18-21-15(11-25-18)10-24-22-17(20)12-4-2-6-14(19)8-12/h2-9,11H,10H2,1H3,(H2,20,22). The summed E-state index contributed by atoms with van der Waals surface area (Å²) in [7, 11) is 1.64. The Morgan fingerprint density at radius 3 is 2.88 bits per heavy atom. The van der Waals surface area contributed by atoms with Gasteiger partial charge in [0.15, 0.2) is 12.4 Å². The Bertz CT molecular complexity index is 895. The molecule has 3 aromatic rings. The topological polar surface area (TPSA) is 69.7 Å². The molecule has 3 rings (SSSR count). The maximum atomic E-state index is 5.93. The van der Waals surface area contributed by atoms with E-state index in [1.54, 1.807) is 25.3 Å². The van der Waals surface area contributed by atoms with Crippen molar-refractivity contribution < 1.29 is 9.57 Å². The van der Waals surface area contributed by atoms with Crippen LogP contribution in [-0.4, -0.2) is 17.9 Å². The summed E-state index contributed by atoms with van der Waals surface area (Å²) >= 11 is 7.47. The van der Waals surface area contributed by atoms with E-state index < -0.39 is 0 Å². The molecule has 0 spiro atoms. The third-order valence-corrected chi connectivity index (χ3v) is 4.54. The fraction of sp³-hybridized carbons (Fsp3) is 0.111. The van der Waals surface area contributed by atoms with E-state index >= 15 is 0 Å². The number of nitrogens with zero attached hydrogens (tertiary/aromatic N) is 2. The number of amidine groups is 1. The molecule has 0 radical (unpaired) electrons. The number of thiazole rings is 1. The van der Waals surface area contributed by atoms with Gasteiger partial charge < -0.3 is 15.3 Å². The number of benzene rings is 2. The second kappa shape index (κ2) is 8.00. The van der Waals surface area contributed by atoms with Gasteiger partial charge in [-0.2, -0.15) is 0 Å². The Morgan fingerprint density at radius 1 is 1.24 bits per heavy atom. The molecule has 128 valence electrons. The number of nitrogens with two attached hydrogens (primary N) is 1. The van der Waals surface area contributed by atoms with E-state index in [9.17, 15) is 0 Å². The van der Waals surface area contributed by atoms with Gasteiger partial charge in [-0.05, 0) is 24.3 Å². The van der Waals surface area contributed by atoms with Crippen LogP contribution in [0.25, 0.3) is 10.6 Å². The molecule has 0 bridgehead atoms. The lowest BCUT2D eigenvalue weighted by atomic mass is 10.2. The van der Waals surface area contributed by atoms with Gasteiger partial charge in [0, 0.05) is 21.5 Å². The van der Waals surface area contributed by atoms with E-state index in [1.165, 1.54) is 11.3 Å². The molecule has 1 aromatic heterocycles. The molecule has 0 aliphatic rings. The van der Waals surface area contributed by atoms with Gasteiger partial charge in [-0.25, -0.2) is 4.98 Å². The second-order valence-electron chi connectivity index (χ2n) is 5.14. The summed E-state index contributed by atoms with van der Waals surface area (Å²) in [5.41, 5.74) is 8.38. The molecule has 5 nitrogen and oxygen atoms in total. The third-order valence-electron chi connectivity index (χ3n) is 3.36. The first kappa shape index (κ1) is 17.3. The fourth-order valence-electron chi connectivity index (χ4n) is 2.13. The lowest BCUT2D eigenvalue weighted by Gasteiger charge is -2.02. The SMILES string of the molecule is COc1cccc(-c2nc(CO/N=C(\N)c3cccc(Cl)c3)cs2)c1. The van der Waals surface area contributed by atoms with E-state index in [4.69, 9.17) is 26.9 Å². The van der Waals surface area contributed by atoms with Crippen molar-refractivity contribution >= 4 is 28.8 Å². The summed E-state index contributed by atoms with van der Waals surface area (Å²) in [5.74, 6) is 1.06. The van der Waals surface area contributed by atoms with Crippen molar-refractivity contribution in [2.75, 3.05) is 7.11 Å². The number of ether oxygens (including phenoxy) is 1. The van der Waals surface area contributed by atoms with Crippen LogP contribution in [0.5, 0.6) is 5.75 Å². The quantitative estimate of drug-likeness (QED) is 0.397. The molecular weight excluding hydrogens is 358 g/mol. The molecule has 0 aliphatic carbocycles. The summed E-state index contributed by atoms with van der Waals surface area (Å²) in [5, 5.41) is 7.34. The molecule has 0 saturated heterocycles. The zero-order chi connectivity index (χ0) is 17.6. The lowest BCUT2D eigenvalue weighted by molar-refractivity contribution is 0.128. The molecule has 2 N–H and O–H groups in total. The van der Waals surface area contributed by atoms with Crippen LogP contribution in [-0.2, 0) is 11.4 Å². The highest BCUT2D eigenvalue weighted by Crippen LogP contribution is 2.27. The third kappa shape index (κ3) is 4.49. The molecule has 0 aliphatic heterocycles. The molecule has 0 amide bonds. The van der Waals surface area contributed by atoms with Crippen molar-refractivity contribution in [1.82, 2.24) is 4.98 Å². The van der Waals surface area contributed by atoms with Crippen molar-refractivity contribution in [3.63, 3.8) is 0 Å². The summed E-state index contributed by atoms with van der Waals surface area (Å²) in [6, 6.07) is 14.9. The number of hydrogen-bond acceptors (Lipinski definition) is 5. The van der Waals surface area contributed by atoms with Crippen molar-refractivity contribution in [3.8, 4) is 16.3 Å². The number of methoxy groups -OCH3 is 1. The summed E-state index contributed by atoms with van der Waals surface area (Å²) in [6.45, 7) is 0.238. The van der Waals surface area contributed by atoms with E-state index in [-0.39, 0.29) is 12.4 Å². The molecule has 0 unspecified atom stereocenters. The first-order chi connectivity index (χ1) is 12.2. The Labute approximate surface area is 154 Å². The van der Waals surface area contributed by atoms with Crippen molar-refractivity contribution in [1.29, 1.82) is 0 Å². The van der Waals surface area contributed by atoms with Crippen LogP contribution in [0, 0.1) is 0 Å². The fourth-order valence-corrected chi connectivity index (χ4v) is 3.12. The zero-order valence-electron chi connectivity index (χ0n) is 13.5. The minimum atomic E-state index is 0.238. The number of halogens is 1. The number of aromatic nitrogens is 1. The van der Waals surface area contributed by atoms with Crippen LogP contribution in [0.2, 0.25) is 5.02 Å². The average Bonchev–Trinajstić information content (AvgIpc) is 3.10. The summed E-state index contributed by atoms with van der Waals surface area (Å²) in [6.07, 6.45) is 0. The Hall–Kier alpha value is -2.57. The Morgan fingerprint density at radius 2 is 2.08 bits per heavy atom. The van der Waals surface area contributed by atoms with Crippen LogP contribution in [0.4, 0.5) is 0 Å².